The van der Waals surface area contributed by atoms with Crippen molar-refractivity contribution in [3.8, 4) is 22.5 Å². The van der Waals surface area contributed by atoms with Crippen LogP contribution in [0.5, 0.6) is 0 Å². The maximum atomic E-state index is 4.95. The minimum absolute atomic E-state index is 0.599. The van der Waals surface area contributed by atoms with Crippen LogP contribution in [-0.4, -0.2) is 35.2 Å². The molecule has 0 fully saturated rings. The second kappa shape index (κ2) is 9.32. The highest BCUT2D eigenvalue weighted by molar-refractivity contribution is 5.80. The summed E-state index contributed by atoms with van der Waals surface area (Å²) in [6, 6.07) is 18.9. The van der Waals surface area contributed by atoms with E-state index in [-0.39, 0.29) is 0 Å². The predicted octanol–water partition coefficient (Wildman–Crippen LogP) is 5.07. The SMILES string of the molecule is CCCc1nc2ccnn2c(CCC)c1Cc1ccc(-c2ccccc2-c2nn[nH]n2)cc1. The molecule has 0 spiro atoms. The number of aryl methyl sites for hydroxylation is 2. The lowest BCUT2D eigenvalue weighted by Gasteiger charge is -2.16. The van der Waals surface area contributed by atoms with Crippen molar-refractivity contribution in [3.63, 3.8) is 0 Å². The lowest BCUT2D eigenvalue weighted by molar-refractivity contribution is 0.752. The number of hydrogen-bond acceptors (Lipinski definition) is 5. The summed E-state index contributed by atoms with van der Waals surface area (Å²) in [6.07, 6.45) is 6.80. The molecule has 3 aromatic heterocycles. The van der Waals surface area contributed by atoms with Gasteiger partial charge in [-0.3, -0.25) is 0 Å². The van der Waals surface area contributed by atoms with E-state index in [1.165, 1.54) is 22.5 Å². The minimum Gasteiger partial charge on any atom is -0.233 e. The Labute approximate surface area is 192 Å². The summed E-state index contributed by atoms with van der Waals surface area (Å²) >= 11 is 0. The van der Waals surface area contributed by atoms with Gasteiger partial charge in [0, 0.05) is 29.4 Å². The number of tetrazole rings is 1. The molecular weight excluding hydrogens is 410 g/mol. The van der Waals surface area contributed by atoms with Gasteiger partial charge in [0.15, 0.2) is 5.65 Å². The van der Waals surface area contributed by atoms with Crippen molar-refractivity contribution in [2.75, 3.05) is 0 Å². The first-order valence-electron chi connectivity index (χ1n) is 11.5. The molecule has 0 aliphatic carbocycles. The van der Waals surface area contributed by atoms with Gasteiger partial charge >= 0.3 is 0 Å². The van der Waals surface area contributed by atoms with Crippen LogP contribution in [-0.2, 0) is 19.3 Å². The summed E-state index contributed by atoms with van der Waals surface area (Å²) in [7, 11) is 0. The van der Waals surface area contributed by atoms with Gasteiger partial charge < -0.3 is 0 Å². The molecule has 166 valence electrons. The molecule has 0 amide bonds. The average molecular weight is 438 g/mol. The number of aromatic amines is 1. The van der Waals surface area contributed by atoms with E-state index in [4.69, 9.17) is 4.98 Å². The largest absolute Gasteiger partial charge is 0.233 e. The Kier molecular flexibility index (Phi) is 5.93. The molecule has 2 aromatic carbocycles. The maximum absolute atomic E-state index is 4.95. The highest BCUT2D eigenvalue weighted by Gasteiger charge is 2.16. The van der Waals surface area contributed by atoms with Gasteiger partial charge in [-0.25, -0.2) is 9.50 Å². The van der Waals surface area contributed by atoms with Crippen LogP contribution in [0.25, 0.3) is 28.2 Å². The van der Waals surface area contributed by atoms with Crippen LogP contribution < -0.4 is 0 Å². The first-order valence-corrected chi connectivity index (χ1v) is 11.5. The Morgan fingerprint density at radius 3 is 2.39 bits per heavy atom. The monoisotopic (exact) mass is 437 g/mol. The Morgan fingerprint density at radius 1 is 0.879 bits per heavy atom. The molecule has 1 N–H and O–H groups in total. The standard InChI is InChI=1S/C26H27N7/c1-3-7-23-22(24(8-4-2)33-25(28-23)15-16-27-33)17-18-11-13-19(14-12-18)20-9-5-6-10-21(20)26-29-31-32-30-26/h5-6,9-16H,3-4,7-8,17H2,1-2H3,(H,29,30,31,32). The summed E-state index contributed by atoms with van der Waals surface area (Å²) < 4.78 is 2.02. The highest BCUT2D eigenvalue weighted by Crippen LogP contribution is 2.30. The molecule has 0 radical (unpaired) electrons. The molecule has 7 nitrogen and oxygen atoms in total. The number of nitrogens with zero attached hydrogens (tertiary/aromatic N) is 6. The molecule has 0 saturated heterocycles. The normalized spacial score (nSPS) is 11.3. The summed E-state index contributed by atoms with van der Waals surface area (Å²) in [4.78, 5) is 4.95. The molecule has 5 rings (SSSR count). The number of aromatic nitrogens is 7. The van der Waals surface area contributed by atoms with Gasteiger partial charge in [0.25, 0.3) is 0 Å². The fourth-order valence-corrected chi connectivity index (χ4v) is 4.44. The summed E-state index contributed by atoms with van der Waals surface area (Å²) in [5, 5.41) is 19.1. The second-order valence-corrected chi connectivity index (χ2v) is 8.24. The second-order valence-electron chi connectivity index (χ2n) is 8.24. The van der Waals surface area contributed by atoms with E-state index < -0.39 is 0 Å². The van der Waals surface area contributed by atoms with E-state index in [1.54, 1.807) is 0 Å². The summed E-state index contributed by atoms with van der Waals surface area (Å²) in [6.45, 7) is 4.43. The number of benzene rings is 2. The molecule has 7 heteroatoms. The van der Waals surface area contributed by atoms with Crippen molar-refractivity contribution in [2.45, 2.75) is 46.0 Å². The van der Waals surface area contributed by atoms with Crippen LogP contribution in [0, 0.1) is 0 Å². The maximum Gasteiger partial charge on any atom is 0.205 e. The minimum atomic E-state index is 0.599. The predicted molar refractivity (Wildman–Crippen MR) is 129 cm³/mol. The van der Waals surface area contributed by atoms with Crippen molar-refractivity contribution >= 4 is 5.65 Å². The average Bonchev–Trinajstić information content (AvgIpc) is 3.54. The molecule has 0 unspecified atom stereocenters. The molecule has 0 aliphatic rings. The fourth-order valence-electron chi connectivity index (χ4n) is 4.44. The number of nitrogens with one attached hydrogen (secondary N) is 1. The van der Waals surface area contributed by atoms with Crippen LogP contribution in [0.15, 0.2) is 60.8 Å². The van der Waals surface area contributed by atoms with E-state index in [2.05, 4.69) is 69.9 Å². The van der Waals surface area contributed by atoms with Gasteiger partial charge in [-0.15, -0.1) is 10.2 Å². The third kappa shape index (κ3) is 4.14. The molecule has 3 heterocycles. The van der Waals surface area contributed by atoms with Crippen LogP contribution in [0.1, 0.15) is 49.2 Å². The Balaban J connectivity index is 1.51. The number of fused-ring (bicyclic) bond motifs is 1. The van der Waals surface area contributed by atoms with E-state index in [0.29, 0.717) is 5.82 Å². The van der Waals surface area contributed by atoms with E-state index in [0.717, 1.165) is 54.4 Å². The van der Waals surface area contributed by atoms with Crippen molar-refractivity contribution in [1.29, 1.82) is 0 Å². The van der Waals surface area contributed by atoms with E-state index >= 15 is 0 Å². The lowest BCUT2D eigenvalue weighted by atomic mass is 9.94. The number of hydrogen-bond donors (Lipinski definition) is 1. The molecule has 0 bridgehead atoms. The van der Waals surface area contributed by atoms with Crippen LogP contribution in [0.3, 0.4) is 0 Å². The molecule has 5 aromatic rings. The third-order valence-corrected chi connectivity index (χ3v) is 5.96. The van der Waals surface area contributed by atoms with Gasteiger partial charge in [0.2, 0.25) is 5.82 Å². The quantitative estimate of drug-likeness (QED) is 0.366. The van der Waals surface area contributed by atoms with Gasteiger partial charge in [0.1, 0.15) is 0 Å². The Hall–Kier alpha value is -3.87. The van der Waals surface area contributed by atoms with Crippen molar-refractivity contribution in [2.24, 2.45) is 0 Å². The first-order chi connectivity index (χ1) is 16.3. The van der Waals surface area contributed by atoms with Crippen LogP contribution >= 0.6 is 0 Å². The lowest BCUT2D eigenvalue weighted by Crippen LogP contribution is -2.11. The third-order valence-electron chi connectivity index (χ3n) is 5.96. The molecule has 0 aliphatic heterocycles. The van der Waals surface area contributed by atoms with Crippen molar-refractivity contribution < 1.29 is 0 Å². The summed E-state index contributed by atoms with van der Waals surface area (Å²) in [5.41, 5.74) is 9.17. The zero-order valence-electron chi connectivity index (χ0n) is 19.0. The topological polar surface area (TPSA) is 84.6 Å². The van der Waals surface area contributed by atoms with Crippen LogP contribution in [0.2, 0.25) is 0 Å². The molecule has 0 atom stereocenters. The summed E-state index contributed by atoms with van der Waals surface area (Å²) in [5.74, 6) is 0.599. The zero-order valence-corrected chi connectivity index (χ0v) is 19.0. The first kappa shape index (κ1) is 21.0. The Bertz CT molecular complexity index is 1350. The number of rotatable bonds is 8. The highest BCUT2D eigenvalue weighted by atomic mass is 15.5. The molecule has 33 heavy (non-hydrogen) atoms. The molecular formula is C26H27N7. The van der Waals surface area contributed by atoms with Gasteiger partial charge in [-0.1, -0.05) is 75.2 Å². The van der Waals surface area contributed by atoms with E-state index in [9.17, 15) is 0 Å². The zero-order chi connectivity index (χ0) is 22.6. The van der Waals surface area contributed by atoms with Gasteiger partial charge in [0.05, 0.1) is 6.20 Å². The fraction of sp³-hybridized carbons (Fsp3) is 0.269. The molecule has 0 saturated carbocycles. The van der Waals surface area contributed by atoms with Crippen molar-refractivity contribution in [1.82, 2.24) is 35.2 Å². The van der Waals surface area contributed by atoms with Crippen LogP contribution in [0.4, 0.5) is 0 Å². The Morgan fingerprint density at radius 2 is 1.67 bits per heavy atom. The van der Waals surface area contributed by atoms with E-state index in [1.807, 2.05) is 35.0 Å². The van der Waals surface area contributed by atoms with Gasteiger partial charge in [-0.2, -0.15) is 10.3 Å². The van der Waals surface area contributed by atoms with Crippen molar-refractivity contribution in [3.05, 3.63) is 83.3 Å². The van der Waals surface area contributed by atoms with Gasteiger partial charge in [-0.05, 0) is 40.3 Å². The number of H-pyrrole nitrogens is 1. The smallest absolute Gasteiger partial charge is 0.205 e.